The topological polar surface area (TPSA) is 55.0 Å². The molecule has 4 nitrogen and oxygen atoms in total. The molecule has 0 amide bonds. The molecule has 1 aromatic heterocycles. The molecule has 2 aliphatic rings. The Morgan fingerprint density at radius 1 is 1.31 bits per heavy atom. The first kappa shape index (κ1) is 10.0. The van der Waals surface area contributed by atoms with Gasteiger partial charge in [-0.05, 0) is 32.6 Å². The van der Waals surface area contributed by atoms with Crippen LogP contribution in [-0.2, 0) is 0 Å². The molecule has 1 aliphatic carbocycles. The van der Waals surface area contributed by atoms with E-state index in [1.54, 1.807) is 0 Å². The lowest BCUT2D eigenvalue weighted by Gasteiger charge is -2.48. The number of anilines is 1. The maximum absolute atomic E-state index is 6.31. The number of aromatic nitrogens is 2. The highest BCUT2D eigenvalue weighted by Crippen LogP contribution is 2.43. The van der Waals surface area contributed by atoms with Crippen LogP contribution >= 0.6 is 0 Å². The zero-order valence-electron chi connectivity index (χ0n) is 9.90. The average Bonchev–Trinajstić information content (AvgIpc) is 3.01. The van der Waals surface area contributed by atoms with Gasteiger partial charge in [-0.15, -0.1) is 0 Å². The van der Waals surface area contributed by atoms with Crippen molar-refractivity contribution in [2.45, 2.75) is 32.2 Å². The highest BCUT2D eigenvalue weighted by Gasteiger charge is 2.50. The van der Waals surface area contributed by atoms with E-state index < -0.39 is 0 Å². The summed E-state index contributed by atoms with van der Waals surface area (Å²) in [7, 11) is 0. The van der Waals surface area contributed by atoms with Gasteiger partial charge in [0.2, 0.25) is 0 Å². The minimum Gasteiger partial charge on any atom is -0.351 e. The first-order valence-electron chi connectivity index (χ1n) is 5.92. The molecule has 1 aliphatic heterocycles. The van der Waals surface area contributed by atoms with E-state index in [0.29, 0.717) is 0 Å². The lowest BCUT2D eigenvalue weighted by molar-refractivity contribution is 0.289. The van der Waals surface area contributed by atoms with Gasteiger partial charge in [-0.2, -0.15) is 0 Å². The predicted octanol–water partition coefficient (Wildman–Crippen LogP) is 1.02. The molecular formula is C12H18N4. The predicted molar refractivity (Wildman–Crippen MR) is 63.4 cm³/mol. The van der Waals surface area contributed by atoms with Crippen LogP contribution in [-0.4, -0.2) is 28.6 Å². The van der Waals surface area contributed by atoms with Gasteiger partial charge in [0, 0.05) is 13.1 Å². The maximum Gasteiger partial charge on any atom is 0.147 e. The summed E-state index contributed by atoms with van der Waals surface area (Å²) in [6.45, 7) is 5.87. The van der Waals surface area contributed by atoms with Crippen LogP contribution in [0.4, 0.5) is 5.82 Å². The molecular weight excluding hydrogens is 200 g/mol. The molecule has 2 fully saturated rings. The number of rotatable bonds is 2. The van der Waals surface area contributed by atoms with Gasteiger partial charge in [0.05, 0.1) is 23.1 Å². The van der Waals surface area contributed by atoms with Crippen molar-refractivity contribution in [3.63, 3.8) is 0 Å². The summed E-state index contributed by atoms with van der Waals surface area (Å²) in [4.78, 5) is 11.1. The summed E-state index contributed by atoms with van der Waals surface area (Å²) in [5, 5.41) is 0. The fraction of sp³-hybridized carbons (Fsp3) is 0.667. The monoisotopic (exact) mass is 218 g/mol. The van der Waals surface area contributed by atoms with Crippen LogP contribution < -0.4 is 10.6 Å². The molecule has 0 aromatic carbocycles. The van der Waals surface area contributed by atoms with E-state index in [2.05, 4.69) is 14.9 Å². The van der Waals surface area contributed by atoms with Crippen LogP contribution in [0, 0.1) is 19.8 Å². The van der Waals surface area contributed by atoms with E-state index in [4.69, 9.17) is 5.73 Å². The van der Waals surface area contributed by atoms with Crippen molar-refractivity contribution in [2.75, 3.05) is 18.0 Å². The van der Waals surface area contributed by atoms with E-state index in [-0.39, 0.29) is 5.54 Å². The Morgan fingerprint density at radius 3 is 2.56 bits per heavy atom. The molecule has 3 rings (SSSR count). The fourth-order valence-electron chi connectivity index (χ4n) is 2.42. The molecule has 2 heterocycles. The van der Waals surface area contributed by atoms with Gasteiger partial charge in [0.25, 0.3) is 0 Å². The molecule has 4 heteroatoms. The molecule has 0 atom stereocenters. The van der Waals surface area contributed by atoms with E-state index in [1.807, 2.05) is 20.0 Å². The molecule has 2 N–H and O–H groups in total. The number of nitrogens with two attached hydrogens (primary N) is 1. The normalized spacial score (nSPS) is 23.1. The smallest absolute Gasteiger partial charge is 0.147 e. The van der Waals surface area contributed by atoms with E-state index in [0.717, 1.165) is 36.2 Å². The van der Waals surface area contributed by atoms with Gasteiger partial charge in [0.15, 0.2) is 0 Å². The molecule has 16 heavy (non-hydrogen) atoms. The lowest BCUT2D eigenvalue weighted by atomic mass is 9.86. The highest BCUT2D eigenvalue weighted by atomic mass is 15.3. The molecule has 0 unspecified atom stereocenters. The summed E-state index contributed by atoms with van der Waals surface area (Å²) >= 11 is 0. The second kappa shape index (κ2) is 3.17. The van der Waals surface area contributed by atoms with Crippen molar-refractivity contribution in [3.05, 3.63) is 17.6 Å². The first-order chi connectivity index (χ1) is 7.58. The molecule has 86 valence electrons. The van der Waals surface area contributed by atoms with Crippen molar-refractivity contribution in [1.29, 1.82) is 0 Å². The molecule has 0 spiro atoms. The zero-order valence-corrected chi connectivity index (χ0v) is 9.90. The standard InChI is InChI=1S/C12H18N4/c1-8-9(2)15-11(5-14-8)16-6-12(13,7-16)10-3-4-10/h5,10H,3-4,6-7,13H2,1-2H3. The molecule has 1 saturated carbocycles. The van der Waals surface area contributed by atoms with Gasteiger partial charge < -0.3 is 10.6 Å². The van der Waals surface area contributed by atoms with Gasteiger partial charge >= 0.3 is 0 Å². The second-order valence-electron chi connectivity index (χ2n) is 5.26. The Kier molecular flexibility index (Phi) is 1.98. The maximum atomic E-state index is 6.31. The molecule has 1 saturated heterocycles. The first-order valence-corrected chi connectivity index (χ1v) is 5.92. The Hall–Kier alpha value is -1.16. The minimum absolute atomic E-state index is 0.0560. The molecule has 0 bridgehead atoms. The SMILES string of the molecule is Cc1ncc(N2CC(N)(C3CC3)C2)nc1C. The van der Waals surface area contributed by atoms with Gasteiger partial charge in [-0.1, -0.05) is 0 Å². The third-order valence-corrected chi connectivity index (χ3v) is 3.86. The summed E-state index contributed by atoms with van der Waals surface area (Å²) in [5.74, 6) is 1.73. The Morgan fingerprint density at radius 2 is 2.00 bits per heavy atom. The van der Waals surface area contributed by atoms with Crippen molar-refractivity contribution < 1.29 is 0 Å². The Labute approximate surface area is 95.9 Å². The van der Waals surface area contributed by atoms with Crippen LogP contribution in [0.15, 0.2) is 6.20 Å². The summed E-state index contributed by atoms with van der Waals surface area (Å²) < 4.78 is 0. The molecule has 0 radical (unpaired) electrons. The Bertz CT molecular complexity index is 419. The average molecular weight is 218 g/mol. The summed E-state index contributed by atoms with van der Waals surface area (Å²) in [6, 6.07) is 0. The van der Waals surface area contributed by atoms with Crippen LogP contribution in [0.5, 0.6) is 0 Å². The van der Waals surface area contributed by atoms with Crippen LogP contribution in [0.2, 0.25) is 0 Å². The van der Waals surface area contributed by atoms with Gasteiger partial charge in [-0.25, -0.2) is 4.98 Å². The van der Waals surface area contributed by atoms with Crippen molar-refractivity contribution >= 4 is 5.82 Å². The van der Waals surface area contributed by atoms with Crippen molar-refractivity contribution in [2.24, 2.45) is 11.7 Å². The fourth-order valence-corrected chi connectivity index (χ4v) is 2.42. The third-order valence-electron chi connectivity index (χ3n) is 3.86. The number of hydrogen-bond acceptors (Lipinski definition) is 4. The molecule has 1 aromatic rings. The number of hydrogen-bond donors (Lipinski definition) is 1. The van der Waals surface area contributed by atoms with Crippen LogP contribution in [0.25, 0.3) is 0 Å². The van der Waals surface area contributed by atoms with Crippen molar-refractivity contribution in [1.82, 2.24) is 9.97 Å². The third kappa shape index (κ3) is 1.48. The summed E-state index contributed by atoms with van der Waals surface area (Å²) in [6.07, 6.45) is 4.47. The summed E-state index contributed by atoms with van der Waals surface area (Å²) in [5.41, 5.74) is 8.39. The largest absolute Gasteiger partial charge is 0.351 e. The van der Waals surface area contributed by atoms with Crippen LogP contribution in [0.1, 0.15) is 24.2 Å². The second-order valence-corrected chi connectivity index (χ2v) is 5.26. The van der Waals surface area contributed by atoms with E-state index in [1.165, 1.54) is 12.8 Å². The minimum atomic E-state index is 0.0560. The van der Waals surface area contributed by atoms with Gasteiger partial charge in [-0.3, -0.25) is 4.98 Å². The van der Waals surface area contributed by atoms with E-state index >= 15 is 0 Å². The van der Waals surface area contributed by atoms with Crippen molar-refractivity contribution in [3.8, 4) is 0 Å². The van der Waals surface area contributed by atoms with Crippen LogP contribution in [0.3, 0.4) is 0 Å². The zero-order chi connectivity index (χ0) is 11.3. The number of aryl methyl sites for hydroxylation is 2. The Balaban J connectivity index is 1.73. The lowest BCUT2D eigenvalue weighted by Crippen LogP contribution is -2.69. The highest BCUT2D eigenvalue weighted by molar-refractivity contribution is 5.44. The quantitative estimate of drug-likeness (QED) is 0.805. The van der Waals surface area contributed by atoms with E-state index in [9.17, 15) is 0 Å². The van der Waals surface area contributed by atoms with Gasteiger partial charge in [0.1, 0.15) is 5.82 Å². The number of nitrogens with zero attached hydrogens (tertiary/aromatic N) is 3.